The first-order valence-corrected chi connectivity index (χ1v) is 8.60. The summed E-state index contributed by atoms with van der Waals surface area (Å²) in [5.74, 6) is -2.18. The Hall–Kier alpha value is -1.91. The van der Waals surface area contributed by atoms with E-state index in [1.54, 1.807) is 20.8 Å². The Labute approximate surface area is 159 Å². The topological polar surface area (TPSA) is 179 Å². The van der Waals surface area contributed by atoms with Crippen molar-refractivity contribution in [1.29, 1.82) is 0 Å². The lowest BCUT2D eigenvalue weighted by atomic mass is 9.96. The molecule has 27 heavy (non-hydrogen) atoms. The lowest BCUT2D eigenvalue weighted by Gasteiger charge is -2.28. The number of nitrogens with two attached hydrogens (primary N) is 1. The molecular weight excluding hydrogens is 360 g/mol. The molecule has 0 radical (unpaired) electrons. The summed E-state index contributed by atoms with van der Waals surface area (Å²) in [6.45, 7) is 7.76. The first-order valence-electron chi connectivity index (χ1n) is 8.60. The second-order valence-corrected chi connectivity index (χ2v) is 7.64. The van der Waals surface area contributed by atoms with E-state index in [2.05, 4.69) is 5.32 Å². The monoisotopic (exact) mass is 394 g/mol. The minimum atomic E-state index is -1.43. The number of carbonyl (C=O) groups excluding carboxylic acids is 1. The molecule has 0 aromatic carbocycles. The molecule has 0 aliphatic rings. The number of carboxylic acid groups (broad SMARTS) is 2. The van der Waals surface area contributed by atoms with Crippen molar-refractivity contribution in [3.05, 3.63) is 0 Å². The number of carbonyl (C=O) groups is 3. The van der Waals surface area contributed by atoms with E-state index in [4.69, 9.17) is 30.9 Å². The van der Waals surface area contributed by atoms with E-state index in [0.717, 1.165) is 0 Å². The fraction of sp³-hybridized carbons (Fsp3) is 0.824. The van der Waals surface area contributed by atoms with Gasteiger partial charge in [0.05, 0.1) is 0 Å². The van der Waals surface area contributed by atoms with Crippen LogP contribution in [-0.2, 0) is 14.3 Å². The number of aliphatic hydroxyl groups is 2. The van der Waals surface area contributed by atoms with Crippen LogP contribution in [0.25, 0.3) is 0 Å². The number of rotatable bonds is 9. The normalized spacial score (nSPS) is 15.4. The highest BCUT2D eigenvalue weighted by atomic mass is 16.6. The molecule has 7 N–H and O–H groups in total. The first-order chi connectivity index (χ1) is 12.1. The number of alkyl carbamates (subject to hydrolysis) is 1. The van der Waals surface area contributed by atoms with E-state index in [-0.39, 0.29) is 19.6 Å². The Morgan fingerprint density at radius 3 is 1.67 bits per heavy atom. The van der Waals surface area contributed by atoms with E-state index in [1.165, 1.54) is 13.8 Å². The van der Waals surface area contributed by atoms with Gasteiger partial charge in [0.1, 0.15) is 16.7 Å². The van der Waals surface area contributed by atoms with Gasteiger partial charge in [-0.15, -0.1) is 0 Å². The minimum Gasteiger partial charge on any atom is -0.480 e. The molecule has 0 fully saturated rings. The Kier molecular flexibility index (Phi) is 11.9. The van der Waals surface area contributed by atoms with Crippen LogP contribution in [0.15, 0.2) is 0 Å². The van der Waals surface area contributed by atoms with E-state index in [9.17, 15) is 14.4 Å². The Balaban J connectivity index is 0. The van der Waals surface area contributed by atoms with Gasteiger partial charge >= 0.3 is 18.0 Å². The van der Waals surface area contributed by atoms with Crippen molar-refractivity contribution in [3.63, 3.8) is 0 Å². The maximum Gasteiger partial charge on any atom is 0.408 e. The van der Waals surface area contributed by atoms with Crippen molar-refractivity contribution < 1.29 is 39.5 Å². The van der Waals surface area contributed by atoms with Crippen LogP contribution in [0.5, 0.6) is 0 Å². The molecule has 0 spiro atoms. The van der Waals surface area contributed by atoms with E-state index in [1.807, 2.05) is 0 Å². The maximum atomic E-state index is 11.5. The number of hydrogen-bond donors (Lipinski definition) is 6. The van der Waals surface area contributed by atoms with Crippen molar-refractivity contribution in [3.8, 4) is 0 Å². The number of nitrogens with one attached hydrogen (secondary N) is 1. The van der Waals surface area contributed by atoms with Gasteiger partial charge < -0.3 is 36.2 Å². The number of aliphatic carboxylic acids is 2. The van der Waals surface area contributed by atoms with Gasteiger partial charge in [0.25, 0.3) is 0 Å². The van der Waals surface area contributed by atoms with Crippen LogP contribution in [-0.4, -0.2) is 68.4 Å². The highest BCUT2D eigenvalue weighted by molar-refractivity contribution is 5.83. The van der Waals surface area contributed by atoms with E-state index >= 15 is 0 Å². The Morgan fingerprint density at radius 1 is 0.889 bits per heavy atom. The van der Waals surface area contributed by atoms with E-state index < -0.39 is 34.7 Å². The summed E-state index contributed by atoms with van der Waals surface area (Å²) in [5, 5.41) is 36.9. The summed E-state index contributed by atoms with van der Waals surface area (Å²) < 4.78 is 4.99. The Bertz CT molecular complexity index is 488. The number of hydrogen-bond acceptors (Lipinski definition) is 7. The van der Waals surface area contributed by atoms with Crippen LogP contribution in [0.3, 0.4) is 0 Å². The highest BCUT2D eigenvalue weighted by Crippen LogP contribution is 2.15. The molecular formula is C17H34N2O8. The smallest absolute Gasteiger partial charge is 0.408 e. The average Bonchev–Trinajstić information content (AvgIpc) is 2.49. The molecule has 0 rings (SSSR count). The van der Waals surface area contributed by atoms with Gasteiger partial charge in [-0.05, 0) is 60.3 Å². The third-order valence-electron chi connectivity index (χ3n) is 3.43. The van der Waals surface area contributed by atoms with E-state index in [0.29, 0.717) is 19.3 Å². The summed E-state index contributed by atoms with van der Waals surface area (Å²) in [7, 11) is 0. The standard InChI is InChI=1S/C11H21NO5.C6H13NO3/c1-10(2,3)17-9(16)12-11(4,8(14)15)6-5-7-13;1-6(7,5(9)10)3-2-4-8/h13H,5-7H2,1-4H3,(H,12,16)(H,14,15);8H,2-4,7H2,1H3,(H,9,10). The minimum absolute atomic E-state index is 0.0138. The summed E-state index contributed by atoms with van der Waals surface area (Å²) in [6, 6.07) is 0. The fourth-order valence-electron chi connectivity index (χ4n) is 1.74. The number of amides is 1. The molecule has 0 heterocycles. The zero-order valence-electron chi connectivity index (χ0n) is 16.7. The second kappa shape index (κ2) is 11.7. The Morgan fingerprint density at radius 2 is 1.33 bits per heavy atom. The molecule has 160 valence electrons. The molecule has 0 aromatic heterocycles. The molecule has 10 nitrogen and oxygen atoms in total. The number of carboxylic acids is 2. The molecule has 0 aliphatic carbocycles. The quantitative estimate of drug-likeness (QED) is 0.328. The second-order valence-electron chi connectivity index (χ2n) is 7.64. The first kappa shape index (κ1) is 27.3. The summed E-state index contributed by atoms with van der Waals surface area (Å²) >= 11 is 0. The van der Waals surface area contributed by atoms with Crippen molar-refractivity contribution >= 4 is 18.0 Å². The van der Waals surface area contributed by atoms with Gasteiger partial charge in [0.2, 0.25) is 0 Å². The van der Waals surface area contributed by atoms with Crippen LogP contribution >= 0.6 is 0 Å². The largest absolute Gasteiger partial charge is 0.480 e. The third-order valence-corrected chi connectivity index (χ3v) is 3.43. The van der Waals surface area contributed by atoms with Crippen LogP contribution in [0.4, 0.5) is 4.79 Å². The molecule has 1 amide bonds. The summed E-state index contributed by atoms with van der Waals surface area (Å²) in [4.78, 5) is 32.9. The highest BCUT2D eigenvalue weighted by Gasteiger charge is 2.35. The number of ether oxygens (including phenoxy) is 1. The molecule has 2 unspecified atom stereocenters. The summed E-state index contributed by atoms with van der Waals surface area (Å²) in [6.07, 6.45) is 0.384. The van der Waals surface area contributed by atoms with Gasteiger partial charge in [-0.2, -0.15) is 0 Å². The zero-order chi connectivity index (χ0) is 21.9. The number of aliphatic hydroxyl groups excluding tert-OH is 2. The predicted molar refractivity (Wildman–Crippen MR) is 98.3 cm³/mol. The third kappa shape index (κ3) is 13.0. The molecule has 0 saturated heterocycles. The van der Waals surface area contributed by atoms with Crippen molar-refractivity contribution in [2.45, 2.75) is 77.0 Å². The average molecular weight is 394 g/mol. The van der Waals surface area contributed by atoms with Crippen LogP contribution in [0.1, 0.15) is 60.3 Å². The van der Waals surface area contributed by atoms with Gasteiger partial charge in [0, 0.05) is 13.2 Å². The van der Waals surface area contributed by atoms with Gasteiger partial charge in [-0.3, -0.25) is 4.79 Å². The van der Waals surface area contributed by atoms with Gasteiger partial charge in [0.15, 0.2) is 0 Å². The fourth-order valence-corrected chi connectivity index (χ4v) is 1.74. The molecule has 0 aromatic rings. The molecule has 10 heteroatoms. The van der Waals surface area contributed by atoms with Gasteiger partial charge in [-0.1, -0.05) is 0 Å². The van der Waals surface area contributed by atoms with Crippen molar-refractivity contribution in [1.82, 2.24) is 5.32 Å². The lowest BCUT2D eigenvalue weighted by Crippen LogP contribution is -2.53. The maximum absolute atomic E-state index is 11.5. The van der Waals surface area contributed by atoms with Crippen molar-refractivity contribution in [2.75, 3.05) is 13.2 Å². The zero-order valence-corrected chi connectivity index (χ0v) is 16.7. The molecule has 0 bridgehead atoms. The van der Waals surface area contributed by atoms with Crippen LogP contribution in [0, 0.1) is 0 Å². The van der Waals surface area contributed by atoms with Crippen LogP contribution < -0.4 is 11.1 Å². The molecule has 0 aliphatic heterocycles. The lowest BCUT2D eigenvalue weighted by molar-refractivity contribution is -0.144. The van der Waals surface area contributed by atoms with Crippen molar-refractivity contribution in [2.24, 2.45) is 5.73 Å². The predicted octanol–water partition coefficient (Wildman–Crippen LogP) is 0.688. The molecule has 2 atom stereocenters. The SMILES string of the molecule is CC(C)(C)OC(=O)NC(C)(CCCO)C(=O)O.CC(N)(CCCO)C(=O)O. The van der Waals surface area contributed by atoms with Gasteiger partial charge in [-0.25, -0.2) is 9.59 Å². The molecule has 0 saturated carbocycles. The van der Waals surface area contributed by atoms with Crippen LogP contribution in [0.2, 0.25) is 0 Å². The summed E-state index contributed by atoms with van der Waals surface area (Å²) in [5.41, 5.74) is 2.04.